The van der Waals surface area contributed by atoms with Crippen LogP contribution in [0.15, 0.2) is 59.7 Å². The van der Waals surface area contributed by atoms with Crippen LogP contribution in [0.5, 0.6) is 11.5 Å². The molecule has 10 N–H and O–H groups in total. The molecule has 2 aromatic rings. The molecule has 2 aromatic carbocycles. The second-order valence-corrected chi connectivity index (χ2v) is 42.1. The minimum Gasteiger partial charge on any atom is -0.508 e. The highest BCUT2D eigenvalue weighted by molar-refractivity contribution is 5.89. The van der Waals surface area contributed by atoms with Gasteiger partial charge in [-0.1, -0.05) is 90.8 Å². The standard InChI is InChI=1S/C21H32O3.C19H30O3.C19H28O3.2C18H22O3/c1-12(22)15-4-5-16-19-17(7-9-21(15,16)3)20(2)8-6-14(23)10-13(20)11-18(19)24;2*1-18-7-5-12(20)9-11(18)10-15(21)17-13-3-4-16(22)19(13,2)8-6-14(17)18;2*1-18-7-6-13-12-3-2-11(19)8-10(12)9-15(20)17(13)14(18)4-5-16(18)21/h11,14-19,23-24H,4-10H2,1-3H3;11-15,17,20-21H,3-10H2,1-2H3;10,12-15,17,20-21H,3-9H2,1-2H3;2*2-3,8,13-15,17,19-20H,4-7,9H2,1H3/t14-,15?,16?,17?,18-,19?,20?,21?;11-,12+,13?,14?,15+,17?,18?,19?;12-,13?,14?,15-,17?,18?,19?;2*13?,14?,15-,17?,18?/m01000/s1. The fourth-order valence-corrected chi connectivity index (χ4v) is 31.4. The van der Waals surface area contributed by atoms with Gasteiger partial charge in [-0.25, -0.2) is 0 Å². The van der Waals surface area contributed by atoms with Crippen LogP contribution in [0.25, 0.3) is 0 Å². The topological polar surface area (TPSA) is 288 Å². The van der Waals surface area contributed by atoms with Crippen LogP contribution in [0.1, 0.15) is 289 Å². The Morgan fingerprint density at radius 1 is 0.355 bits per heavy atom. The number of carbonyl (C=O) groups is 5. The Labute approximate surface area is 654 Å². The van der Waals surface area contributed by atoms with Gasteiger partial charge in [0.05, 0.1) is 48.8 Å². The van der Waals surface area contributed by atoms with E-state index in [4.69, 9.17) is 0 Å². The maximum Gasteiger partial charge on any atom is 0.139 e. The predicted octanol–water partition coefficient (Wildman–Crippen LogP) is 14.8. The Balaban J connectivity index is 0.000000105. The minimum absolute atomic E-state index is 0.0733. The minimum atomic E-state index is -0.436. The van der Waals surface area contributed by atoms with Crippen molar-refractivity contribution < 1.29 is 75.0 Å². The number of hydrogen-bond donors (Lipinski definition) is 10. The molecule has 0 aromatic heterocycles. The molecule has 0 heterocycles. The summed E-state index contributed by atoms with van der Waals surface area (Å²) in [4.78, 5) is 61.5. The zero-order chi connectivity index (χ0) is 78.2. The van der Waals surface area contributed by atoms with Gasteiger partial charge in [0.25, 0.3) is 0 Å². The van der Waals surface area contributed by atoms with Gasteiger partial charge in [-0.2, -0.15) is 0 Å². The third kappa shape index (κ3) is 12.6. The number of aliphatic hydroxyl groups excluding tert-OH is 8. The summed E-state index contributed by atoms with van der Waals surface area (Å²) < 4.78 is 0. The molecule has 18 aliphatic carbocycles. The number of phenols is 2. The van der Waals surface area contributed by atoms with E-state index in [0.29, 0.717) is 132 Å². The summed E-state index contributed by atoms with van der Waals surface area (Å²) in [5.41, 5.74) is 7.09. The van der Waals surface area contributed by atoms with E-state index in [9.17, 15) is 75.0 Å². The normalized spacial score (nSPS) is 49.9. The predicted molar refractivity (Wildman–Crippen MR) is 420 cm³/mol. The van der Waals surface area contributed by atoms with E-state index in [1.165, 1.54) is 22.3 Å². The zero-order valence-electron chi connectivity index (χ0n) is 67.7. The largest absolute Gasteiger partial charge is 0.508 e. The number of hydrogen-bond acceptors (Lipinski definition) is 15. The van der Waals surface area contributed by atoms with Crippen molar-refractivity contribution in [1.29, 1.82) is 0 Å². The lowest BCUT2D eigenvalue weighted by Gasteiger charge is -2.61. The summed E-state index contributed by atoms with van der Waals surface area (Å²) in [6, 6.07) is 11.1. The van der Waals surface area contributed by atoms with Gasteiger partial charge >= 0.3 is 0 Å². The first-order valence-corrected chi connectivity index (χ1v) is 44.1. The number of Topliss-reactive ketones (excluding diaryl/α,β-unsaturated/α-hetero) is 5. The van der Waals surface area contributed by atoms with Crippen LogP contribution in [0.4, 0.5) is 0 Å². The molecule has 20 rings (SSSR count). The monoisotopic (exact) mass is 1510 g/mol. The molecular formula is C95H134O15. The van der Waals surface area contributed by atoms with Gasteiger partial charge in [0, 0.05) is 53.3 Å². The van der Waals surface area contributed by atoms with Crippen LogP contribution in [-0.2, 0) is 36.8 Å². The highest BCUT2D eigenvalue weighted by atomic mass is 16.3. The van der Waals surface area contributed by atoms with E-state index in [1.54, 1.807) is 31.2 Å². The second-order valence-electron chi connectivity index (χ2n) is 42.1. The number of aliphatic hydroxyl groups is 8. The molecule has 604 valence electrons. The maximum atomic E-state index is 12.4. The van der Waals surface area contributed by atoms with Crippen molar-refractivity contribution in [3.8, 4) is 11.5 Å². The first kappa shape index (κ1) is 79.4. The number of aromatic hydroxyl groups is 2. The number of benzene rings is 2. The number of rotatable bonds is 1. The van der Waals surface area contributed by atoms with Gasteiger partial charge in [-0.3, -0.25) is 24.0 Å². The third-order valence-electron chi connectivity index (χ3n) is 37.7. The van der Waals surface area contributed by atoms with Gasteiger partial charge in [0.1, 0.15) is 40.4 Å². The van der Waals surface area contributed by atoms with E-state index in [1.807, 2.05) is 18.2 Å². The quantitative estimate of drug-likeness (QED) is 0.119. The van der Waals surface area contributed by atoms with Gasteiger partial charge in [0.2, 0.25) is 0 Å². The van der Waals surface area contributed by atoms with Gasteiger partial charge in [-0.15, -0.1) is 0 Å². The number of fused-ring (bicyclic) bond motifs is 25. The number of ketones is 5. The molecular weight excluding hydrogens is 1380 g/mol. The molecule has 0 aliphatic heterocycles. The molecule has 24 unspecified atom stereocenters. The molecule has 0 saturated heterocycles. The lowest BCUT2D eigenvalue weighted by Crippen LogP contribution is -2.58. The first-order valence-electron chi connectivity index (χ1n) is 44.1. The van der Waals surface area contributed by atoms with E-state index in [-0.39, 0.29) is 121 Å². The fraction of sp³-hybridized carbons (Fsp3) is 0.779. The third-order valence-corrected chi connectivity index (χ3v) is 37.7. The summed E-state index contributed by atoms with van der Waals surface area (Å²) in [5, 5.41) is 104. The Kier molecular flexibility index (Phi) is 20.7. The van der Waals surface area contributed by atoms with Crippen molar-refractivity contribution in [2.45, 2.75) is 328 Å². The van der Waals surface area contributed by atoms with Crippen molar-refractivity contribution in [3.63, 3.8) is 0 Å². The number of phenolic OH excluding ortho intramolecular Hbond substituents is 2. The zero-order valence-corrected chi connectivity index (χ0v) is 67.7. The summed E-state index contributed by atoms with van der Waals surface area (Å²) in [5.74, 6) is 8.43. The van der Waals surface area contributed by atoms with Crippen LogP contribution in [-0.4, -0.2) is 129 Å². The van der Waals surface area contributed by atoms with Crippen molar-refractivity contribution in [2.75, 3.05) is 0 Å². The lowest BCUT2D eigenvalue weighted by molar-refractivity contribution is -0.171. The molecule has 14 saturated carbocycles. The van der Waals surface area contributed by atoms with Crippen molar-refractivity contribution in [2.24, 2.45) is 132 Å². The number of carbonyl (C=O) groups excluding carboxylic acids is 5. The first-order chi connectivity index (χ1) is 52.0. The van der Waals surface area contributed by atoms with Crippen LogP contribution >= 0.6 is 0 Å². The highest BCUT2D eigenvalue weighted by Crippen LogP contribution is 2.70. The lowest BCUT2D eigenvalue weighted by atomic mass is 9.44. The van der Waals surface area contributed by atoms with Crippen LogP contribution < -0.4 is 0 Å². The summed E-state index contributed by atoms with van der Waals surface area (Å²) in [6.07, 6.45) is 30.5. The van der Waals surface area contributed by atoms with Crippen LogP contribution in [0.3, 0.4) is 0 Å². The Morgan fingerprint density at radius 3 is 1.17 bits per heavy atom. The molecule has 15 heteroatoms. The van der Waals surface area contributed by atoms with E-state index in [2.05, 4.69) is 61.5 Å². The summed E-state index contributed by atoms with van der Waals surface area (Å²) in [7, 11) is 0. The second kappa shape index (κ2) is 28.7. The Morgan fingerprint density at radius 2 is 0.718 bits per heavy atom. The molecule has 110 heavy (non-hydrogen) atoms. The summed E-state index contributed by atoms with van der Waals surface area (Å²) >= 11 is 0. The highest BCUT2D eigenvalue weighted by Gasteiger charge is 2.67. The summed E-state index contributed by atoms with van der Waals surface area (Å²) in [6.45, 7) is 19.7. The van der Waals surface area contributed by atoms with Crippen LogP contribution in [0.2, 0.25) is 0 Å². The van der Waals surface area contributed by atoms with E-state index in [0.717, 1.165) is 184 Å². The van der Waals surface area contributed by atoms with E-state index >= 15 is 0 Å². The fourth-order valence-electron chi connectivity index (χ4n) is 31.4. The van der Waals surface area contributed by atoms with Crippen molar-refractivity contribution in [1.82, 2.24) is 0 Å². The van der Waals surface area contributed by atoms with Gasteiger partial charge in [-0.05, 0) is 350 Å². The van der Waals surface area contributed by atoms with Crippen LogP contribution in [0, 0.1) is 132 Å². The molecule has 0 spiro atoms. The molecule has 14 fully saturated rings. The molecule has 33 atom stereocenters. The SMILES string of the molecule is CC(=O)C1CCC2C3C(CCC12C)C1(C)CC[C@H](O)CC1=C[C@@H]3O.CC12CCC3C(C1CCC2=O)[C@@H](O)C=C1C[C@@H](O)CCC13C.CC12CCC3C(C1CCC2=O)[C@@H](O)C[C@H]1C[C@@H](O)CCC31C.CC12CCC3c4ccc(O)cc4C[C@H](O)C3C1CCC2=O.CC12CCC3c4ccc(O)cc4C[C@H](O)C3C1CCC2=O. The average Bonchev–Trinajstić information content (AvgIpc) is 1.40. The maximum absolute atomic E-state index is 12.4. The van der Waals surface area contributed by atoms with Gasteiger partial charge in [0.15, 0.2) is 0 Å². The van der Waals surface area contributed by atoms with E-state index < -0.39 is 12.2 Å². The molecule has 0 bridgehead atoms. The molecule has 0 radical (unpaired) electrons. The smallest absolute Gasteiger partial charge is 0.139 e. The average molecular weight is 1520 g/mol. The molecule has 18 aliphatic rings. The van der Waals surface area contributed by atoms with Crippen molar-refractivity contribution in [3.05, 3.63) is 82.0 Å². The Bertz CT molecular complexity index is 3880. The van der Waals surface area contributed by atoms with Crippen molar-refractivity contribution >= 4 is 28.9 Å². The molecule has 0 amide bonds. The molecule has 15 nitrogen and oxygen atoms in total. The van der Waals surface area contributed by atoms with Gasteiger partial charge < -0.3 is 51.1 Å². The Hall–Kier alpha value is -4.45.